The van der Waals surface area contributed by atoms with E-state index < -0.39 is 0 Å². The molecule has 0 radical (unpaired) electrons. The molecule has 1 aromatic carbocycles. The summed E-state index contributed by atoms with van der Waals surface area (Å²) in [5.41, 5.74) is 0.614. The normalized spacial score (nSPS) is 18.0. The summed E-state index contributed by atoms with van der Waals surface area (Å²) in [6.45, 7) is 1.49. The maximum atomic E-state index is 12.9. The molecule has 1 fully saturated rings. The summed E-state index contributed by atoms with van der Waals surface area (Å²) in [4.78, 5) is 22.8. The number of carbonyl (C=O) groups is 1. The highest BCUT2D eigenvalue weighted by atomic mass is 19.1. The zero-order chi connectivity index (χ0) is 15.4. The van der Waals surface area contributed by atoms with Crippen molar-refractivity contribution < 1.29 is 9.18 Å². The Morgan fingerprint density at radius 3 is 2.82 bits per heavy atom. The van der Waals surface area contributed by atoms with E-state index in [0.29, 0.717) is 12.2 Å². The smallest absolute Gasteiger partial charge is 0.229 e. The van der Waals surface area contributed by atoms with Gasteiger partial charge in [0.2, 0.25) is 5.91 Å². The summed E-state index contributed by atoms with van der Waals surface area (Å²) in [5.74, 6) is 0.326. The van der Waals surface area contributed by atoms with Gasteiger partial charge in [0.05, 0.1) is 12.1 Å². The van der Waals surface area contributed by atoms with E-state index in [0.717, 1.165) is 25.2 Å². The van der Waals surface area contributed by atoms with Gasteiger partial charge in [-0.25, -0.2) is 9.37 Å². The molecule has 0 saturated carbocycles. The first-order chi connectivity index (χ1) is 10.7. The molecule has 1 aromatic heterocycles. The quantitative estimate of drug-likeness (QED) is 0.946. The van der Waals surface area contributed by atoms with E-state index in [4.69, 9.17) is 0 Å². The van der Waals surface area contributed by atoms with Crippen molar-refractivity contribution in [3.8, 4) is 0 Å². The number of aromatic nitrogens is 2. The fourth-order valence-electron chi connectivity index (χ4n) is 2.63. The summed E-state index contributed by atoms with van der Waals surface area (Å²) in [6.07, 6.45) is 6.76. The molecule has 2 heterocycles. The molecule has 1 aliphatic heterocycles. The van der Waals surface area contributed by atoms with Crippen molar-refractivity contribution in [2.45, 2.75) is 12.8 Å². The Labute approximate surface area is 128 Å². The summed E-state index contributed by atoms with van der Waals surface area (Å²) >= 11 is 0. The Bertz CT molecular complexity index is 632. The largest absolute Gasteiger partial charge is 0.355 e. The zero-order valence-electron chi connectivity index (χ0n) is 12.1. The van der Waals surface area contributed by atoms with Gasteiger partial charge in [-0.05, 0) is 37.1 Å². The lowest BCUT2D eigenvalue weighted by molar-refractivity contribution is -0.120. The highest BCUT2D eigenvalue weighted by Gasteiger charge is 2.26. The van der Waals surface area contributed by atoms with Gasteiger partial charge in [0.1, 0.15) is 11.6 Å². The monoisotopic (exact) mass is 300 g/mol. The number of nitrogens with one attached hydrogen (secondary N) is 1. The molecule has 22 heavy (non-hydrogen) atoms. The van der Waals surface area contributed by atoms with Gasteiger partial charge in [-0.3, -0.25) is 9.78 Å². The molecule has 0 unspecified atom stereocenters. The second-order valence-electron chi connectivity index (χ2n) is 5.34. The van der Waals surface area contributed by atoms with E-state index in [9.17, 15) is 9.18 Å². The van der Waals surface area contributed by atoms with Gasteiger partial charge < -0.3 is 10.2 Å². The molecule has 3 rings (SSSR count). The minimum atomic E-state index is -0.315. The van der Waals surface area contributed by atoms with Crippen LogP contribution in [0.5, 0.6) is 0 Å². The number of anilines is 2. The number of piperidine rings is 1. The van der Waals surface area contributed by atoms with Crippen LogP contribution in [0.3, 0.4) is 0 Å². The van der Waals surface area contributed by atoms with Crippen LogP contribution in [0.25, 0.3) is 0 Å². The minimum absolute atomic E-state index is 0.0415. The molecule has 114 valence electrons. The van der Waals surface area contributed by atoms with Crippen molar-refractivity contribution in [1.82, 2.24) is 9.97 Å². The second-order valence-corrected chi connectivity index (χ2v) is 5.34. The molecule has 0 aliphatic carbocycles. The Morgan fingerprint density at radius 2 is 2.09 bits per heavy atom. The molecular formula is C16H17FN4O. The third kappa shape index (κ3) is 3.39. The van der Waals surface area contributed by atoms with Gasteiger partial charge in [-0.15, -0.1) is 0 Å². The van der Waals surface area contributed by atoms with Crippen LogP contribution in [0.2, 0.25) is 0 Å². The predicted octanol–water partition coefficient (Wildman–Crippen LogP) is 2.47. The number of rotatable bonds is 3. The van der Waals surface area contributed by atoms with Crippen molar-refractivity contribution >= 4 is 17.4 Å². The van der Waals surface area contributed by atoms with Crippen molar-refractivity contribution in [3.05, 3.63) is 48.7 Å². The van der Waals surface area contributed by atoms with Crippen LogP contribution >= 0.6 is 0 Å². The maximum Gasteiger partial charge on any atom is 0.229 e. The lowest BCUT2D eigenvalue weighted by Gasteiger charge is -2.32. The first-order valence-corrected chi connectivity index (χ1v) is 7.30. The van der Waals surface area contributed by atoms with E-state index in [-0.39, 0.29) is 17.6 Å². The number of nitrogens with zero attached hydrogens (tertiary/aromatic N) is 3. The number of hydrogen-bond donors (Lipinski definition) is 1. The van der Waals surface area contributed by atoms with Crippen LogP contribution in [0, 0.1) is 11.7 Å². The summed E-state index contributed by atoms with van der Waals surface area (Å²) in [5, 5.41) is 2.84. The molecule has 1 saturated heterocycles. The highest BCUT2D eigenvalue weighted by molar-refractivity contribution is 5.93. The van der Waals surface area contributed by atoms with Gasteiger partial charge in [0.25, 0.3) is 0 Å². The SMILES string of the molecule is O=C(Nc1ccc(F)cc1)[C@@H]1CCCN(c2cnccn2)C1. The molecular weight excluding hydrogens is 283 g/mol. The van der Waals surface area contributed by atoms with Crippen LogP contribution in [-0.2, 0) is 4.79 Å². The van der Waals surface area contributed by atoms with Crippen molar-refractivity contribution in [2.75, 3.05) is 23.3 Å². The number of halogens is 1. The van der Waals surface area contributed by atoms with E-state index in [1.54, 1.807) is 30.7 Å². The van der Waals surface area contributed by atoms with E-state index in [1.807, 2.05) is 0 Å². The Hall–Kier alpha value is -2.50. The first-order valence-electron chi connectivity index (χ1n) is 7.30. The molecule has 0 spiro atoms. The van der Waals surface area contributed by atoms with Gasteiger partial charge >= 0.3 is 0 Å². The maximum absolute atomic E-state index is 12.9. The second kappa shape index (κ2) is 6.51. The Balaban J connectivity index is 1.64. The van der Waals surface area contributed by atoms with Gasteiger partial charge in [-0.1, -0.05) is 0 Å². The lowest BCUT2D eigenvalue weighted by Crippen LogP contribution is -2.41. The number of carbonyl (C=O) groups excluding carboxylic acids is 1. The van der Waals surface area contributed by atoms with Crippen molar-refractivity contribution in [3.63, 3.8) is 0 Å². The fourth-order valence-corrected chi connectivity index (χ4v) is 2.63. The third-order valence-electron chi connectivity index (χ3n) is 3.78. The highest BCUT2D eigenvalue weighted by Crippen LogP contribution is 2.22. The summed E-state index contributed by atoms with van der Waals surface area (Å²) < 4.78 is 12.9. The van der Waals surface area contributed by atoms with Crippen molar-refractivity contribution in [1.29, 1.82) is 0 Å². The van der Waals surface area contributed by atoms with Gasteiger partial charge in [0.15, 0.2) is 0 Å². The zero-order valence-corrected chi connectivity index (χ0v) is 12.1. The molecule has 0 bridgehead atoms. The van der Waals surface area contributed by atoms with Gasteiger partial charge in [0, 0.05) is 31.2 Å². The standard InChI is InChI=1S/C16H17FN4O/c17-13-3-5-14(6-4-13)20-16(22)12-2-1-9-21(11-12)15-10-18-7-8-19-15/h3-8,10,12H,1-2,9,11H2,(H,20,22)/t12-/m1/s1. The Kier molecular flexibility index (Phi) is 4.27. The van der Waals surface area contributed by atoms with Crippen molar-refractivity contribution in [2.24, 2.45) is 5.92 Å². The molecule has 2 aromatic rings. The van der Waals surface area contributed by atoms with Crippen LogP contribution in [0.4, 0.5) is 15.9 Å². The Morgan fingerprint density at radius 1 is 1.27 bits per heavy atom. The first kappa shape index (κ1) is 14.4. The van der Waals surface area contributed by atoms with E-state index in [2.05, 4.69) is 20.2 Å². The molecule has 1 aliphatic rings. The molecule has 5 nitrogen and oxygen atoms in total. The van der Waals surface area contributed by atoms with Crippen LogP contribution < -0.4 is 10.2 Å². The number of amides is 1. The van der Waals surface area contributed by atoms with E-state index in [1.165, 1.54) is 12.1 Å². The van der Waals surface area contributed by atoms with Crippen LogP contribution in [0.15, 0.2) is 42.9 Å². The fraction of sp³-hybridized carbons (Fsp3) is 0.312. The van der Waals surface area contributed by atoms with Crippen LogP contribution in [-0.4, -0.2) is 29.0 Å². The summed E-state index contributed by atoms with van der Waals surface area (Å²) in [6, 6.07) is 5.80. The molecule has 1 atom stereocenters. The molecule has 1 amide bonds. The van der Waals surface area contributed by atoms with Crippen LogP contribution in [0.1, 0.15) is 12.8 Å². The van der Waals surface area contributed by atoms with E-state index >= 15 is 0 Å². The predicted molar refractivity (Wildman–Crippen MR) is 82.0 cm³/mol. The topological polar surface area (TPSA) is 58.1 Å². The summed E-state index contributed by atoms with van der Waals surface area (Å²) in [7, 11) is 0. The average molecular weight is 300 g/mol. The minimum Gasteiger partial charge on any atom is -0.355 e. The molecule has 1 N–H and O–H groups in total. The van der Waals surface area contributed by atoms with Gasteiger partial charge in [-0.2, -0.15) is 0 Å². The number of benzene rings is 1. The number of hydrogen-bond acceptors (Lipinski definition) is 4. The average Bonchev–Trinajstić information content (AvgIpc) is 2.58. The lowest BCUT2D eigenvalue weighted by atomic mass is 9.97. The molecule has 6 heteroatoms. The third-order valence-corrected chi connectivity index (χ3v) is 3.78.